The van der Waals surface area contributed by atoms with Gasteiger partial charge in [-0.3, -0.25) is 0 Å². The largest absolute Gasteiger partial charge is 0.452 e. The summed E-state index contributed by atoms with van der Waals surface area (Å²) in [7, 11) is 0. The van der Waals surface area contributed by atoms with E-state index in [0.717, 1.165) is 5.56 Å². The average Bonchev–Trinajstić information content (AvgIpc) is 2.98. The summed E-state index contributed by atoms with van der Waals surface area (Å²) in [5.74, 6) is -1.21. The number of ether oxygens (including phenoxy) is 6. The third kappa shape index (κ3) is 5.84. The minimum atomic E-state index is -1.13. The predicted molar refractivity (Wildman–Crippen MR) is 136 cm³/mol. The zero-order valence-electron chi connectivity index (χ0n) is 20.6. The van der Waals surface area contributed by atoms with Gasteiger partial charge in [-0.15, -0.1) is 6.58 Å². The molecular weight excluding hydrogens is 488 g/mol. The van der Waals surface area contributed by atoms with Crippen molar-refractivity contribution in [2.75, 3.05) is 13.2 Å². The Morgan fingerprint density at radius 1 is 0.789 bits per heavy atom. The summed E-state index contributed by atoms with van der Waals surface area (Å²) in [5.41, 5.74) is 1.47. The molecular formula is C30H28O8. The second-order valence-corrected chi connectivity index (χ2v) is 8.81. The molecule has 0 N–H and O–H groups in total. The molecule has 0 aromatic heterocycles. The Kier molecular flexibility index (Phi) is 8.25. The van der Waals surface area contributed by atoms with E-state index in [-0.39, 0.29) is 13.2 Å². The molecule has 0 amide bonds. The zero-order valence-corrected chi connectivity index (χ0v) is 20.6. The van der Waals surface area contributed by atoms with Crippen molar-refractivity contribution in [1.29, 1.82) is 0 Å². The van der Waals surface area contributed by atoms with Crippen molar-refractivity contribution in [3.05, 3.63) is 120 Å². The average molecular weight is 517 g/mol. The molecule has 2 aliphatic heterocycles. The van der Waals surface area contributed by atoms with E-state index in [1.165, 1.54) is 0 Å². The van der Waals surface area contributed by atoms with Crippen LogP contribution in [-0.4, -0.2) is 55.9 Å². The van der Waals surface area contributed by atoms with Crippen LogP contribution in [0.4, 0.5) is 0 Å². The van der Waals surface area contributed by atoms with Crippen molar-refractivity contribution in [3.63, 3.8) is 0 Å². The maximum Gasteiger partial charge on any atom is 0.338 e. The third-order valence-electron chi connectivity index (χ3n) is 6.24. The van der Waals surface area contributed by atoms with Gasteiger partial charge in [-0.25, -0.2) is 9.59 Å². The number of hydrogen-bond donors (Lipinski definition) is 0. The van der Waals surface area contributed by atoms with Crippen LogP contribution in [0.3, 0.4) is 0 Å². The molecule has 0 bridgehead atoms. The fraction of sp³-hybridized carbons (Fsp3) is 0.267. The van der Waals surface area contributed by atoms with Crippen molar-refractivity contribution in [2.24, 2.45) is 0 Å². The van der Waals surface area contributed by atoms with Crippen LogP contribution in [0.2, 0.25) is 0 Å². The summed E-state index contributed by atoms with van der Waals surface area (Å²) < 4.78 is 36.2. The topological polar surface area (TPSA) is 89.5 Å². The number of fused-ring (bicyclic) bond motifs is 1. The number of rotatable bonds is 8. The number of carbonyl (C=O) groups is 2. The Hall–Kier alpha value is -3.82. The molecule has 5 rings (SSSR count). The molecule has 8 nitrogen and oxygen atoms in total. The highest BCUT2D eigenvalue weighted by Gasteiger charge is 2.54. The van der Waals surface area contributed by atoms with Crippen LogP contribution in [0.15, 0.2) is 104 Å². The van der Waals surface area contributed by atoms with Gasteiger partial charge in [0, 0.05) is 5.56 Å². The van der Waals surface area contributed by atoms with Gasteiger partial charge in [0.25, 0.3) is 0 Å². The van der Waals surface area contributed by atoms with Crippen LogP contribution in [0, 0.1) is 0 Å². The van der Waals surface area contributed by atoms with E-state index < -0.39 is 48.9 Å². The molecule has 3 aromatic rings. The van der Waals surface area contributed by atoms with Gasteiger partial charge in [0.2, 0.25) is 0 Å². The molecule has 0 radical (unpaired) electrons. The molecule has 2 aliphatic rings. The van der Waals surface area contributed by atoms with Crippen molar-refractivity contribution in [1.82, 2.24) is 0 Å². The van der Waals surface area contributed by atoms with Crippen LogP contribution in [0.25, 0.3) is 0 Å². The van der Waals surface area contributed by atoms with E-state index in [2.05, 4.69) is 6.58 Å². The van der Waals surface area contributed by atoms with Gasteiger partial charge in [0.15, 0.2) is 24.8 Å². The van der Waals surface area contributed by atoms with Crippen molar-refractivity contribution < 1.29 is 38.0 Å². The number of carbonyl (C=O) groups excluding carboxylic acids is 2. The Bertz CT molecular complexity index is 1220. The maximum atomic E-state index is 13.2. The first-order valence-corrected chi connectivity index (χ1v) is 12.4. The first kappa shape index (κ1) is 25.8. The number of hydrogen-bond acceptors (Lipinski definition) is 8. The second-order valence-electron chi connectivity index (χ2n) is 8.81. The first-order valence-electron chi connectivity index (χ1n) is 12.4. The Morgan fingerprint density at radius 2 is 1.34 bits per heavy atom. The van der Waals surface area contributed by atoms with E-state index in [1.54, 1.807) is 66.7 Å². The van der Waals surface area contributed by atoms with Crippen molar-refractivity contribution in [3.8, 4) is 0 Å². The van der Waals surface area contributed by atoms with Gasteiger partial charge in [0.1, 0.15) is 12.2 Å². The molecule has 6 atom stereocenters. The summed E-state index contributed by atoms with van der Waals surface area (Å²) in [6.07, 6.45) is -3.88. The van der Waals surface area contributed by atoms with Crippen LogP contribution < -0.4 is 0 Å². The molecule has 3 aromatic carbocycles. The lowest BCUT2D eigenvalue weighted by molar-refractivity contribution is -0.358. The molecule has 2 heterocycles. The molecule has 0 saturated carbocycles. The lowest BCUT2D eigenvalue weighted by atomic mass is 9.97. The quantitative estimate of drug-likeness (QED) is 0.320. The Labute approximate surface area is 220 Å². The fourth-order valence-corrected chi connectivity index (χ4v) is 4.41. The molecule has 196 valence electrons. The normalized spacial score (nSPS) is 26.5. The highest BCUT2D eigenvalue weighted by Crippen LogP contribution is 2.37. The van der Waals surface area contributed by atoms with Gasteiger partial charge in [-0.05, 0) is 24.3 Å². The van der Waals surface area contributed by atoms with Crippen LogP contribution >= 0.6 is 0 Å². The van der Waals surface area contributed by atoms with Crippen LogP contribution in [-0.2, 0) is 28.4 Å². The van der Waals surface area contributed by atoms with Gasteiger partial charge >= 0.3 is 11.9 Å². The number of esters is 2. The van der Waals surface area contributed by atoms with Gasteiger partial charge in [-0.2, -0.15) is 0 Å². The highest BCUT2D eigenvalue weighted by molar-refractivity contribution is 5.90. The fourth-order valence-electron chi connectivity index (χ4n) is 4.41. The predicted octanol–water partition coefficient (Wildman–Crippen LogP) is 4.48. The summed E-state index contributed by atoms with van der Waals surface area (Å²) in [4.78, 5) is 26.3. The third-order valence-corrected chi connectivity index (χ3v) is 6.24. The SMILES string of the molecule is C=CCO[C@@H]1O[C@@H]2CO[C@@H](c3ccccc3)O[C@H]2[C@H](OC(=O)c2ccccc2)[C@H]1OC(=O)c1ccccc1. The van der Waals surface area contributed by atoms with Crippen molar-refractivity contribution >= 4 is 11.9 Å². The van der Waals surface area contributed by atoms with E-state index in [0.29, 0.717) is 11.1 Å². The zero-order chi connectivity index (χ0) is 26.3. The molecule has 0 unspecified atom stereocenters. The lowest BCUT2D eigenvalue weighted by Gasteiger charge is -2.48. The standard InChI is InChI=1S/C30H28O8/c1-2-18-33-30-26(37-28(32)21-14-8-4-9-15-21)25(36-27(31)20-12-6-3-7-13-20)24-23(35-30)19-34-29(38-24)22-16-10-5-11-17-22/h2-17,23-26,29-30H,1,18-19H2/t23-,24-,25+,26-,29-,30-/m1/s1. The van der Waals surface area contributed by atoms with Gasteiger partial charge in [-0.1, -0.05) is 72.8 Å². The summed E-state index contributed by atoms with van der Waals surface area (Å²) >= 11 is 0. The van der Waals surface area contributed by atoms with Crippen molar-refractivity contribution in [2.45, 2.75) is 37.0 Å². The summed E-state index contributed by atoms with van der Waals surface area (Å²) in [6, 6.07) is 26.5. The smallest absolute Gasteiger partial charge is 0.338 e. The molecule has 0 aliphatic carbocycles. The van der Waals surface area contributed by atoms with Gasteiger partial charge < -0.3 is 28.4 Å². The second kappa shape index (κ2) is 12.1. The van der Waals surface area contributed by atoms with Crippen LogP contribution in [0.1, 0.15) is 32.6 Å². The summed E-state index contributed by atoms with van der Waals surface area (Å²) in [6.45, 7) is 3.96. The minimum absolute atomic E-state index is 0.120. The van der Waals surface area contributed by atoms with Gasteiger partial charge in [0.05, 0.1) is 24.3 Å². The lowest BCUT2D eigenvalue weighted by Crippen LogP contribution is -2.64. The highest BCUT2D eigenvalue weighted by atomic mass is 16.8. The molecule has 38 heavy (non-hydrogen) atoms. The van der Waals surface area contributed by atoms with Crippen LogP contribution in [0.5, 0.6) is 0 Å². The molecule has 2 fully saturated rings. The van der Waals surface area contributed by atoms with E-state index in [1.807, 2.05) is 30.3 Å². The molecule has 0 spiro atoms. The summed E-state index contributed by atoms with van der Waals surface area (Å²) in [5, 5.41) is 0. The first-order chi connectivity index (χ1) is 18.6. The number of benzene rings is 3. The van der Waals surface area contributed by atoms with E-state index in [9.17, 15) is 9.59 Å². The maximum absolute atomic E-state index is 13.2. The monoisotopic (exact) mass is 516 g/mol. The Balaban J connectivity index is 1.48. The minimum Gasteiger partial charge on any atom is -0.452 e. The molecule has 8 heteroatoms. The van der Waals surface area contributed by atoms with E-state index in [4.69, 9.17) is 28.4 Å². The Morgan fingerprint density at radius 3 is 1.92 bits per heavy atom. The molecule has 2 saturated heterocycles. The van der Waals surface area contributed by atoms with E-state index >= 15 is 0 Å².